The number of carbonyl (C=O) groups excluding carboxylic acids is 1. The van der Waals surface area contributed by atoms with Crippen molar-refractivity contribution in [3.63, 3.8) is 0 Å². The Balaban J connectivity index is 1.62. The van der Waals surface area contributed by atoms with E-state index >= 15 is 0 Å². The Labute approximate surface area is 135 Å². The number of nitrogens with one attached hydrogen (secondary N) is 1. The highest BCUT2D eigenvalue weighted by atomic mass is 16.3. The third kappa shape index (κ3) is 3.84. The monoisotopic (exact) mass is 312 g/mol. The highest BCUT2D eigenvalue weighted by Crippen LogP contribution is 2.21. The van der Waals surface area contributed by atoms with Gasteiger partial charge in [0.1, 0.15) is 0 Å². The number of carbonyl (C=O) groups is 1. The van der Waals surface area contributed by atoms with Crippen LogP contribution in [0.5, 0.6) is 0 Å². The van der Waals surface area contributed by atoms with Crippen molar-refractivity contribution in [3.05, 3.63) is 48.2 Å². The summed E-state index contributed by atoms with van der Waals surface area (Å²) in [7, 11) is 0. The van der Waals surface area contributed by atoms with Crippen LogP contribution in [0.2, 0.25) is 0 Å². The molecule has 1 aliphatic rings. The largest absolute Gasteiger partial charge is 0.396 e. The molecule has 1 saturated heterocycles. The quantitative estimate of drug-likeness (QED) is 0.902. The Hall–Kier alpha value is -2.47. The van der Waals surface area contributed by atoms with Crippen LogP contribution in [0.1, 0.15) is 23.3 Å². The molecule has 2 heterocycles. The molecule has 0 spiro atoms. The maximum absolute atomic E-state index is 12.1. The molecule has 1 fully saturated rings. The van der Waals surface area contributed by atoms with E-state index in [4.69, 9.17) is 0 Å². The fraction of sp³-hybridized carbons (Fsp3) is 0.353. The van der Waals surface area contributed by atoms with Crippen molar-refractivity contribution < 1.29 is 9.90 Å². The summed E-state index contributed by atoms with van der Waals surface area (Å²) < 4.78 is 0. The van der Waals surface area contributed by atoms with Gasteiger partial charge in [-0.2, -0.15) is 0 Å². The Kier molecular flexibility index (Phi) is 4.83. The lowest BCUT2D eigenvalue weighted by Gasteiger charge is -2.31. The molecule has 0 aliphatic carbocycles. The normalized spacial score (nSPS) is 15.4. The van der Waals surface area contributed by atoms with Crippen molar-refractivity contribution in [1.82, 2.24) is 10.2 Å². The van der Waals surface area contributed by atoms with Gasteiger partial charge in [-0.05, 0) is 43.0 Å². The predicted molar refractivity (Wildman–Crippen MR) is 88.5 cm³/mol. The van der Waals surface area contributed by atoms with Gasteiger partial charge in [0.2, 0.25) is 0 Å². The van der Waals surface area contributed by atoms with Gasteiger partial charge in [-0.25, -0.2) is 0 Å². The Morgan fingerprint density at radius 2 is 1.87 bits per heavy atom. The lowest BCUT2D eigenvalue weighted by Crippen LogP contribution is -2.35. The zero-order chi connectivity index (χ0) is 16.1. The van der Waals surface area contributed by atoms with Gasteiger partial charge in [0.05, 0.1) is 0 Å². The van der Waals surface area contributed by atoms with Crippen molar-refractivity contribution >= 4 is 17.4 Å². The number of anilines is 2. The smallest absolute Gasteiger partial charge is 0.276 e. The van der Waals surface area contributed by atoms with E-state index in [1.807, 2.05) is 36.4 Å². The third-order valence-electron chi connectivity index (χ3n) is 4.11. The number of aromatic nitrogens is 2. The average molecular weight is 312 g/mol. The number of piperidine rings is 1. The van der Waals surface area contributed by atoms with Gasteiger partial charge in [0.25, 0.3) is 5.91 Å². The molecular weight excluding hydrogens is 292 g/mol. The number of aliphatic hydroxyl groups is 1. The summed E-state index contributed by atoms with van der Waals surface area (Å²) in [6.07, 6.45) is 1.91. The van der Waals surface area contributed by atoms with Gasteiger partial charge in [0, 0.05) is 25.4 Å². The summed E-state index contributed by atoms with van der Waals surface area (Å²) in [6.45, 7) is 1.96. The second-order valence-corrected chi connectivity index (χ2v) is 5.71. The van der Waals surface area contributed by atoms with E-state index in [-0.39, 0.29) is 12.5 Å². The number of para-hydroxylation sites is 1. The van der Waals surface area contributed by atoms with Gasteiger partial charge < -0.3 is 15.3 Å². The maximum atomic E-state index is 12.1. The van der Waals surface area contributed by atoms with Crippen molar-refractivity contribution in [2.75, 3.05) is 29.9 Å². The summed E-state index contributed by atoms with van der Waals surface area (Å²) in [5.41, 5.74) is 1.03. The molecule has 2 aromatic rings. The summed E-state index contributed by atoms with van der Waals surface area (Å²) in [4.78, 5) is 14.3. The first-order valence-electron chi connectivity index (χ1n) is 7.82. The minimum absolute atomic E-state index is 0.248. The molecule has 1 aromatic heterocycles. The molecule has 23 heavy (non-hydrogen) atoms. The van der Waals surface area contributed by atoms with Crippen LogP contribution in [0.4, 0.5) is 11.5 Å². The van der Waals surface area contributed by atoms with Gasteiger partial charge in [-0.15, -0.1) is 10.2 Å². The third-order valence-corrected chi connectivity index (χ3v) is 4.11. The van der Waals surface area contributed by atoms with Crippen molar-refractivity contribution in [1.29, 1.82) is 0 Å². The van der Waals surface area contributed by atoms with Crippen LogP contribution < -0.4 is 10.2 Å². The number of hydrogen-bond donors (Lipinski definition) is 2. The minimum Gasteiger partial charge on any atom is -0.396 e. The average Bonchev–Trinajstić information content (AvgIpc) is 2.63. The van der Waals surface area contributed by atoms with Crippen LogP contribution in [0.15, 0.2) is 42.5 Å². The second-order valence-electron chi connectivity index (χ2n) is 5.71. The fourth-order valence-electron chi connectivity index (χ4n) is 2.68. The molecule has 1 aliphatic heterocycles. The number of benzene rings is 1. The Bertz CT molecular complexity index is 637. The van der Waals surface area contributed by atoms with Crippen molar-refractivity contribution in [2.24, 2.45) is 5.92 Å². The minimum atomic E-state index is -0.269. The molecule has 1 aromatic carbocycles. The van der Waals surface area contributed by atoms with Crippen LogP contribution in [-0.4, -0.2) is 40.9 Å². The first-order chi connectivity index (χ1) is 11.3. The molecule has 0 atom stereocenters. The van der Waals surface area contributed by atoms with Gasteiger partial charge in [-0.1, -0.05) is 18.2 Å². The molecule has 6 heteroatoms. The summed E-state index contributed by atoms with van der Waals surface area (Å²) in [5, 5.41) is 20.2. The molecule has 1 amide bonds. The summed E-state index contributed by atoms with van der Waals surface area (Å²) in [5.74, 6) is 0.891. The first kappa shape index (κ1) is 15.4. The molecule has 0 radical (unpaired) electrons. The van der Waals surface area contributed by atoms with Crippen molar-refractivity contribution in [2.45, 2.75) is 12.8 Å². The zero-order valence-corrected chi connectivity index (χ0v) is 12.9. The first-order valence-corrected chi connectivity index (χ1v) is 7.82. The zero-order valence-electron chi connectivity index (χ0n) is 12.9. The van der Waals surface area contributed by atoms with Crippen LogP contribution in [-0.2, 0) is 0 Å². The maximum Gasteiger partial charge on any atom is 0.276 e. The van der Waals surface area contributed by atoms with Crippen molar-refractivity contribution in [3.8, 4) is 0 Å². The SMILES string of the molecule is O=C(Nc1ccccc1)c1ccc(N2CCC(CO)CC2)nn1. The number of amides is 1. The fourth-order valence-corrected chi connectivity index (χ4v) is 2.68. The van der Waals surface area contributed by atoms with E-state index < -0.39 is 0 Å². The lowest BCUT2D eigenvalue weighted by molar-refractivity contribution is 0.102. The number of rotatable bonds is 4. The Morgan fingerprint density at radius 3 is 2.48 bits per heavy atom. The number of nitrogens with zero attached hydrogens (tertiary/aromatic N) is 3. The highest BCUT2D eigenvalue weighted by Gasteiger charge is 2.20. The van der Waals surface area contributed by atoms with E-state index in [0.717, 1.165) is 37.4 Å². The second kappa shape index (κ2) is 7.19. The van der Waals surface area contributed by atoms with Crippen LogP contribution in [0.3, 0.4) is 0 Å². The van der Waals surface area contributed by atoms with E-state index in [1.165, 1.54) is 0 Å². The number of hydrogen-bond acceptors (Lipinski definition) is 5. The van der Waals surface area contributed by atoms with E-state index in [9.17, 15) is 9.90 Å². The van der Waals surface area contributed by atoms with Crippen LogP contribution >= 0.6 is 0 Å². The molecule has 3 rings (SSSR count). The molecule has 2 N–H and O–H groups in total. The van der Waals surface area contributed by atoms with E-state index in [0.29, 0.717) is 11.6 Å². The van der Waals surface area contributed by atoms with Crippen LogP contribution in [0.25, 0.3) is 0 Å². The highest BCUT2D eigenvalue weighted by molar-refractivity contribution is 6.02. The van der Waals surface area contributed by atoms with E-state index in [1.54, 1.807) is 6.07 Å². The number of aliphatic hydroxyl groups excluding tert-OH is 1. The summed E-state index contributed by atoms with van der Waals surface area (Å²) in [6, 6.07) is 12.8. The molecule has 0 unspecified atom stereocenters. The molecule has 0 bridgehead atoms. The predicted octanol–water partition coefficient (Wildman–Crippen LogP) is 1.94. The molecular formula is C17H20N4O2. The lowest BCUT2D eigenvalue weighted by atomic mass is 9.98. The van der Waals surface area contributed by atoms with E-state index in [2.05, 4.69) is 20.4 Å². The molecule has 0 saturated carbocycles. The topological polar surface area (TPSA) is 78.4 Å². The van der Waals surface area contributed by atoms with Gasteiger partial charge in [-0.3, -0.25) is 4.79 Å². The standard InChI is InChI=1S/C17H20N4O2/c22-12-13-8-10-21(11-9-13)16-7-6-15(19-20-16)17(23)18-14-4-2-1-3-5-14/h1-7,13,22H,8-12H2,(H,18,23). The summed E-state index contributed by atoms with van der Waals surface area (Å²) >= 11 is 0. The molecule has 120 valence electrons. The van der Waals surface area contributed by atoms with Gasteiger partial charge >= 0.3 is 0 Å². The Morgan fingerprint density at radius 1 is 1.13 bits per heavy atom. The van der Waals surface area contributed by atoms with Crippen LogP contribution in [0, 0.1) is 5.92 Å². The molecule has 6 nitrogen and oxygen atoms in total. The van der Waals surface area contributed by atoms with Gasteiger partial charge in [0.15, 0.2) is 11.5 Å².